The van der Waals surface area contributed by atoms with Crippen LogP contribution >= 0.6 is 0 Å². The van der Waals surface area contributed by atoms with E-state index in [4.69, 9.17) is 4.74 Å². The lowest BCUT2D eigenvalue weighted by atomic mass is 10.2. The Balaban J connectivity index is 0.000000686. The summed E-state index contributed by atoms with van der Waals surface area (Å²) in [6.45, 7) is 6.58. The number of nitrogens with zero attached hydrogens (tertiary/aromatic N) is 1. The molecule has 0 radical (unpaired) electrons. The molecule has 17 heavy (non-hydrogen) atoms. The highest BCUT2D eigenvalue weighted by Gasteiger charge is 1.95. The van der Waals surface area contributed by atoms with E-state index in [1.807, 2.05) is 56.3 Å². The van der Waals surface area contributed by atoms with E-state index >= 15 is 0 Å². The maximum atomic E-state index is 5.58. The van der Waals surface area contributed by atoms with Gasteiger partial charge in [-0.1, -0.05) is 37.6 Å². The molecule has 2 nitrogen and oxygen atoms in total. The minimum absolute atomic E-state index is 0.518. The van der Waals surface area contributed by atoms with Crippen molar-refractivity contribution in [3.05, 3.63) is 59.9 Å². The zero-order valence-electron chi connectivity index (χ0n) is 10.7. The van der Waals surface area contributed by atoms with Crippen LogP contribution in [0.25, 0.3) is 0 Å². The second kappa shape index (κ2) is 7.44. The molecule has 0 fully saturated rings. The lowest BCUT2D eigenvalue weighted by Gasteiger charge is -2.05. The zero-order valence-corrected chi connectivity index (χ0v) is 10.7. The fourth-order valence-electron chi connectivity index (χ4n) is 1.28. The summed E-state index contributed by atoms with van der Waals surface area (Å²) >= 11 is 0. The van der Waals surface area contributed by atoms with Crippen molar-refractivity contribution in [1.82, 2.24) is 4.98 Å². The predicted octanol–water partition coefficient (Wildman–Crippen LogP) is 4.00. The molecule has 0 saturated carbocycles. The molecule has 0 unspecified atom stereocenters. The van der Waals surface area contributed by atoms with Gasteiger partial charge >= 0.3 is 0 Å². The second-order valence-electron chi connectivity index (χ2n) is 3.42. The highest BCUT2D eigenvalue weighted by atomic mass is 16.5. The number of aromatic nitrogens is 1. The van der Waals surface area contributed by atoms with E-state index < -0.39 is 0 Å². The number of ether oxygens (including phenoxy) is 1. The molecule has 2 heteroatoms. The molecule has 0 saturated heterocycles. The summed E-state index contributed by atoms with van der Waals surface area (Å²) < 4.78 is 5.58. The van der Waals surface area contributed by atoms with E-state index in [2.05, 4.69) is 11.9 Å². The predicted molar refractivity (Wildman–Crippen MR) is 71.1 cm³/mol. The van der Waals surface area contributed by atoms with Crippen LogP contribution < -0.4 is 4.74 Å². The number of hydrogen-bond donors (Lipinski definition) is 0. The number of rotatable bonds is 3. The molecular weight excluding hydrogens is 210 g/mol. The third-order valence-corrected chi connectivity index (χ3v) is 2.13. The number of aryl methyl sites for hydroxylation is 1. The molecular formula is C15H19NO. The standard InChI is InChI=1S/C13H13NO.C2H6/c1-11-5-7-13(8-6-11)15-10-12-4-2-3-9-14-12;1-2/h2-9H,10H2,1H3;1-2H3. The molecule has 2 rings (SSSR count). The molecule has 0 aliphatic carbocycles. The molecule has 90 valence electrons. The molecule has 1 aromatic heterocycles. The van der Waals surface area contributed by atoms with Crippen molar-refractivity contribution in [3.63, 3.8) is 0 Å². The van der Waals surface area contributed by atoms with Gasteiger partial charge in [0.1, 0.15) is 12.4 Å². The number of benzene rings is 1. The first-order valence-corrected chi connectivity index (χ1v) is 5.94. The first-order chi connectivity index (χ1) is 8.34. The fraction of sp³-hybridized carbons (Fsp3) is 0.267. The van der Waals surface area contributed by atoms with Crippen molar-refractivity contribution < 1.29 is 4.74 Å². The van der Waals surface area contributed by atoms with E-state index in [0.29, 0.717) is 6.61 Å². The minimum atomic E-state index is 0.518. The largest absolute Gasteiger partial charge is 0.487 e. The third-order valence-electron chi connectivity index (χ3n) is 2.13. The molecule has 0 bridgehead atoms. The normalized spacial score (nSPS) is 9.12. The number of hydrogen-bond acceptors (Lipinski definition) is 2. The average Bonchev–Trinajstić information content (AvgIpc) is 2.42. The molecule has 0 spiro atoms. The summed E-state index contributed by atoms with van der Waals surface area (Å²) in [6.07, 6.45) is 1.77. The molecule has 0 aliphatic rings. The Bertz CT molecular complexity index is 409. The van der Waals surface area contributed by atoms with Crippen molar-refractivity contribution in [3.8, 4) is 5.75 Å². The maximum absolute atomic E-state index is 5.58. The van der Waals surface area contributed by atoms with E-state index in [0.717, 1.165) is 11.4 Å². The lowest BCUT2D eigenvalue weighted by Crippen LogP contribution is -1.97. The van der Waals surface area contributed by atoms with Gasteiger partial charge in [-0.3, -0.25) is 4.98 Å². The summed E-state index contributed by atoms with van der Waals surface area (Å²) in [6, 6.07) is 13.8. The van der Waals surface area contributed by atoms with Crippen LogP contribution in [0.15, 0.2) is 48.7 Å². The Kier molecular flexibility index (Phi) is 5.80. The molecule has 0 aliphatic heterocycles. The monoisotopic (exact) mass is 229 g/mol. The van der Waals surface area contributed by atoms with Crippen LogP contribution in [0.4, 0.5) is 0 Å². The second-order valence-corrected chi connectivity index (χ2v) is 3.42. The Hall–Kier alpha value is -1.83. The van der Waals surface area contributed by atoms with Crippen LogP contribution in [0.3, 0.4) is 0 Å². The Morgan fingerprint density at radius 2 is 1.71 bits per heavy atom. The van der Waals surface area contributed by atoms with Crippen LogP contribution in [0.1, 0.15) is 25.1 Å². The van der Waals surface area contributed by atoms with Crippen molar-refractivity contribution in [2.45, 2.75) is 27.4 Å². The molecule has 0 N–H and O–H groups in total. The summed E-state index contributed by atoms with van der Waals surface area (Å²) in [5, 5.41) is 0. The molecule has 2 aromatic rings. The summed E-state index contributed by atoms with van der Waals surface area (Å²) in [5.74, 6) is 0.881. The van der Waals surface area contributed by atoms with E-state index in [1.54, 1.807) is 6.20 Å². The van der Waals surface area contributed by atoms with Crippen molar-refractivity contribution in [1.29, 1.82) is 0 Å². The van der Waals surface area contributed by atoms with Gasteiger partial charge in [0.05, 0.1) is 5.69 Å². The summed E-state index contributed by atoms with van der Waals surface area (Å²) in [5.41, 5.74) is 2.18. The van der Waals surface area contributed by atoms with Crippen molar-refractivity contribution in [2.24, 2.45) is 0 Å². The van der Waals surface area contributed by atoms with Gasteiger partial charge < -0.3 is 4.74 Å². The molecule has 0 amide bonds. The van der Waals surface area contributed by atoms with Gasteiger partial charge in [0, 0.05) is 6.20 Å². The minimum Gasteiger partial charge on any atom is -0.487 e. The molecule has 1 aromatic carbocycles. The maximum Gasteiger partial charge on any atom is 0.130 e. The Morgan fingerprint density at radius 3 is 2.29 bits per heavy atom. The van der Waals surface area contributed by atoms with Gasteiger partial charge in [-0.25, -0.2) is 0 Å². The van der Waals surface area contributed by atoms with E-state index in [9.17, 15) is 0 Å². The first-order valence-electron chi connectivity index (χ1n) is 5.94. The smallest absolute Gasteiger partial charge is 0.130 e. The lowest BCUT2D eigenvalue weighted by molar-refractivity contribution is 0.301. The van der Waals surface area contributed by atoms with Crippen LogP contribution in [0.2, 0.25) is 0 Å². The molecule has 0 atom stereocenters. The van der Waals surface area contributed by atoms with Crippen LogP contribution in [-0.2, 0) is 6.61 Å². The zero-order chi connectivity index (χ0) is 12.5. The van der Waals surface area contributed by atoms with Crippen LogP contribution in [0.5, 0.6) is 5.75 Å². The topological polar surface area (TPSA) is 22.1 Å². The number of pyridine rings is 1. The first kappa shape index (κ1) is 13.2. The van der Waals surface area contributed by atoms with Crippen molar-refractivity contribution in [2.75, 3.05) is 0 Å². The third kappa shape index (κ3) is 4.68. The van der Waals surface area contributed by atoms with E-state index in [1.165, 1.54) is 5.56 Å². The summed E-state index contributed by atoms with van der Waals surface area (Å²) in [7, 11) is 0. The van der Waals surface area contributed by atoms with Gasteiger partial charge in [0.15, 0.2) is 0 Å². The quantitative estimate of drug-likeness (QED) is 0.793. The molecule has 1 heterocycles. The van der Waals surface area contributed by atoms with Crippen LogP contribution in [0, 0.1) is 6.92 Å². The fourth-order valence-corrected chi connectivity index (χ4v) is 1.28. The summed E-state index contributed by atoms with van der Waals surface area (Å²) in [4.78, 5) is 4.19. The van der Waals surface area contributed by atoms with Gasteiger partial charge in [-0.05, 0) is 31.2 Å². The van der Waals surface area contributed by atoms with Gasteiger partial charge in [0.25, 0.3) is 0 Å². The average molecular weight is 229 g/mol. The van der Waals surface area contributed by atoms with E-state index in [-0.39, 0.29) is 0 Å². The van der Waals surface area contributed by atoms with Crippen LogP contribution in [-0.4, -0.2) is 4.98 Å². The highest BCUT2D eigenvalue weighted by Crippen LogP contribution is 2.12. The van der Waals surface area contributed by atoms with Crippen molar-refractivity contribution >= 4 is 0 Å². The Morgan fingerprint density at radius 1 is 1.00 bits per heavy atom. The van der Waals surface area contributed by atoms with Gasteiger partial charge in [0.2, 0.25) is 0 Å². The van der Waals surface area contributed by atoms with Gasteiger partial charge in [-0.15, -0.1) is 0 Å². The Labute approximate surface area is 103 Å². The SMILES string of the molecule is CC.Cc1ccc(OCc2ccccn2)cc1. The highest BCUT2D eigenvalue weighted by molar-refractivity contribution is 5.26. The van der Waals surface area contributed by atoms with Gasteiger partial charge in [-0.2, -0.15) is 0 Å².